The number of rotatable bonds is 4. The number of halogens is 3. The molecule has 0 spiro atoms. The van der Waals surface area contributed by atoms with Crippen LogP contribution in [-0.4, -0.2) is 22.8 Å². The van der Waals surface area contributed by atoms with Gasteiger partial charge < -0.3 is 4.90 Å². The number of nitrogens with zero attached hydrogens (tertiary/aromatic N) is 2. The normalized spacial score (nSPS) is 11.5. The fourth-order valence-corrected chi connectivity index (χ4v) is 3.93. The summed E-state index contributed by atoms with van der Waals surface area (Å²) in [5.41, 5.74) is -0.0693. The zero-order valence-corrected chi connectivity index (χ0v) is 14.7. The van der Waals surface area contributed by atoms with Crippen LogP contribution in [0.1, 0.15) is 20.8 Å². The van der Waals surface area contributed by atoms with E-state index >= 15 is 0 Å². The third-order valence-corrected chi connectivity index (χ3v) is 5.52. The van der Waals surface area contributed by atoms with Crippen molar-refractivity contribution >= 4 is 28.6 Å². The Bertz CT molecular complexity index is 855. The molecule has 0 aliphatic heterocycles. The third kappa shape index (κ3) is 4.08. The topological polar surface area (TPSA) is 33.2 Å². The summed E-state index contributed by atoms with van der Waals surface area (Å²) < 4.78 is 37.7. The highest BCUT2D eigenvalue weighted by Crippen LogP contribution is 2.30. The summed E-state index contributed by atoms with van der Waals surface area (Å²) in [4.78, 5) is 19.7. The largest absolute Gasteiger partial charge is 0.416 e. The summed E-state index contributed by atoms with van der Waals surface area (Å²) in [5, 5.41) is 2.72. The highest BCUT2D eigenvalue weighted by molar-refractivity contribution is 7.21. The van der Waals surface area contributed by atoms with Gasteiger partial charge in [-0.2, -0.15) is 13.2 Å². The average molecular weight is 382 g/mol. The Morgan fingerprint density at radius 1 is 1.20 bits per heavy atom. The maximum absolute atomic E-state index is 12.6. The summed E-state index contributed by atoms with van der Waals surface area (Å²) in [6.45, 7) is 0.225. The predicted molar refractivity (Wildman–Crippen MR) is 92.7 cm³/mol. The second-order valence-corrected chi connectivity index (χ2v) is 7.34. The number of aromatic nitrogens is 1. The Balaban J connectivity index is 1.69. The van der Waals surface area contributed by atoms with Crippen LogP contribution in [0.15, 0.2) is 48.0 Å². The van der Waals surface area contributed by atoms with Crippen LogP contribution in [0.25, 0.3) is 9.88 Å². The molecule has 0 saturated heterocycles. The number of alkyl halides is 3. The molecule has 0 aliphatic carbocycles. The van der Waals surface area contributed by atoms with Gasteiger partial charge in [-0.1, -0.05) is 18.2 Å². The number of carbonyl (C=O) groups excluding carboxylic acids is 1. The molecule has 2 heterocycles. The number of amides is 1. The van der Waals surface area contributed by atoms with E-state index in [2.05, 4.69) is 4.98 Å². The molecular formula is C17H13F3N2OS2. The molecule has 2 aromatic heterocycles. The lowest BCUT2D eigenvalue weighted by atomic mass is 10.1. The fraction of sp³-hybridized carbons (Fsp3) is 0.176. The van der Waals surface area contributed by atoms with Crippen LogP contribution < -0.4 is 0 Å². The van der Waals surface area contributed by atoms with Gasteiger partial charge in [0.05, 0.1) is 16.6 Å². The van der Waals surface area contributed by atoms with Crippen LogP contribution in [0.5, 0.6) is 0 Å². The van der Waals surface area contributed by atoms with Crippen LogP contribution in [-0.2, 0) is 12.7 Å². The quantitative estimate of drug-likeness (QED) is 0.624. The molecule has 0 N–H and O–H groups in total. The minimum absolute atomic E-state index is 0.208. The Labute approximate surface area is 150 Å². The van der Waals surface area contributed by atoms with Crippen molar-refractivity contribution in [2.24, 2.45) is 0 Å². The van der Waals surface area contributed by atoms with Gasteiger partial charge in [0.2, 0.25) is 0 Å². The van der Waals surface area contributed by atoms with Crippen LogP contribution in [0, 0.1) is 0 Å². The van der Waals surface area contributed by atoms with E-state index in [0.717, 1.165) is 22.0 Å². The molecule has 3 rings (SSSR count). The van der Waals surface area contributed by atoms with Gasteiger partial charge in [0, 0.05) is 13.6 Å². The van der Waals surface area contributed by atoms with Crippen molar-refractivity contribution < 1.29 is 18.0 Å². The van der Waals surface area contributed by atoms with Gasteiger partial charge in [-0.15, -0.1) is 22.7 Å². The third-order valence-electron chi connectivity index (χ3n) is 3.50. The number of benzene rings is 1. The number of hydrogen-bond acceptors (Lipinski definition) is 4. The molecule has 0 fully saturated rings. The molecule has 1 aromatic carbocycles. The Hall–Kier alpha value is -2.19. The lowest BCUT2D eigenvalue weighted by Crippen LogP contribution is -2.25. The van der Waals surface area contributed by atoms with Crippen molar-refractivity contribution in [1.82, 2.24) is 9.88 Å². The van der Waals surface area contributed by atoms with Crippen LogP contribution in [0.4, 0.5) is 13.2 Å². The molecule has 3 nitrogen and oxygen atoms in total. The van der Waals surface area contributed by atoms with E-state index in [1.165, 1.54) is 34.6 Å². The fourth-order valence-electron chi connectivity index (χ4n) is 2.22. The van der Waals surface area contributed by atoms with Crippen LogP contribution >= 0.6 is 22.7 Å². The van der Waals surface area contributed by atoms with E-state index in [0.29, 0.717) is 10.4 Å². The van der Waals surface area contributed by atoms with Crippen molar-refractivity contribution in [2.45, 2.75) is 12.7 Å². The molecule has 0 radical (unpaired) electrons. The first-order valence-corrected chi connectivity index (χ1v) is 8.95. The summed E-state index contributed by atoms with van der Waals surface area (Å²) in [6.07, 6.45) is -2.83. The summed E-state index contributed by atoms with van der Waals surface area (Å²) in [7, 11) is 1.62. The van der Waals surface area contributed by atoms with E-state index in [1.807, 2.05) is 17.5 Å². The maximum atomic E-state index is 12.6. The van der Waals surface area contributed by atoms with Gasteiger partial charge in [0.25, 0.3) is 5.91 Å². The van der Waals surface area contributed by atoms with Crippen molar-refractivity contribution in [1.29, 1.82) is 0 Å². The van der Waals surface area contributed by atoms with E-state index in [-0.39, 0.29) is 12.5 Å². The van der Waals surface area contributed by atoms with Crippen molar-refractivity contribution in [3.63, 3.8) is 0 Å². The van der Waals surface area contributed by atoms with Gasteiger partial charge in [-0.25, -0.2) is 4.98 Å². The minimum Gasteiger partial charge on any atom is -0.337 e. The van der Waals surface area contributed by atoms with Crippen molar-refractivity contribution in [2.75, 3.05) is 7.05 Å². The number of thiazole rings is 1. The van der Waals surface area contributed by atoms with Crippen LogP contribution in [0.3, 0.4) is 0 Å². The molecule has 1 amide bonds. The molecule has 0 bridgehead atoms. The molecular weight excluding hydrogens is 369 g/mol. The van der Waals surface area contributed by atoms with Gasteiger partial charge >= 0.3 is 6.18 Å². The standard InChI is InChI=1S/C17H13F3N2OS2/c1-22(10-11-4-6-12(7-5-11)17(18,19)20)16(23)14-9-21-15(25-14)13-3-2-8-24-13/h2-9H,10H2,1H3. The Morgan fingerprint density at radius 2 is 1.92 bits per heavy atom. The molecule has 0 atom stereocenters. The first kappa shape index (κ1) is 17.6. The number of thiophene rings is 1. The van der Waals surface area contributed by atoms with E-state index in [4.69, 9.17) is 0 Å². The SMILES string of the molecule is CN(Cc1ccc(C(F)(F)F)cc1)C(=O)c1cnc(-c2cccs2)s1. The first-order valence-electron chi connectivity index (χ1n) is 7.26. The summed E-state index contributed by atoms with van der Waals surface area (Å²) >= 11 is 2.85. The van der Waals surface area contributed by atoms with E-state index in [1.54, 1.807) is 18.4 Å². The molecule has 25 heavy (non-hydrogen) atoms. The lowest BCUT2D eigenvalue weighted by molar-refractivity contribution is -0.137. The van der Waals surface area contributed by atoms with Gasteiger partial charge in [-0.3, -0.25) is 4.79 Å². The first-order chi connectivity index (χ1) is 11.8. The monoisotopic (exact) mass is 382 g/mol. The van der Waals surface area contributed by atoms with Crippen molar-refractivity contribution in [3.05, 3.63) is 64.0 Å². The highest BCUT2D eigenvalue weighted by atomic mass is 32.1. The lowest BCUT2D eigenvalue weighted by Gasteiger charge is -2.16. The Morgan fingerprint density at radius 3 is 2.52 bits per heavy atom. The molecule has 0 aliphatic rings. The van der Waals surface area contributed by atoms with E-state index in [9.17, 15) is 18.0 Å². The number of carbonyl (C=O) groups is 1. The average Bonchev–Trinajstić information content (AvgIpc) is 3.25. The van der Waals surface area contributed by atoms with Gasteiger partial charge in [0.15, 0.2) is 0 Å². The molecule has 0 saturated carbocycles. The maximum Gasteiger partial charge on any atom is 0.416 e. The molecule has 130 valence electrons. The van der Waals surface area contributed by atoms with Crippen LogP contribution in [0.2, 0.25) is 0 Å². The summed E-state index contributed by atoms with van der Waals surface area (Å²) in [5.74, 6) is -0.208. The second kappa shape index (κ2) is 6.97. The minimum atomic E-state index is -4.36. The molecule has 3 aromatic rings. The predicted octanol–water partition coefficient (Wildman–Crippen LogP) is 5.16. The zero-order valence-electron chi connectivity index (χ0n) is 13.1. The molecule has 0 unspecified atom stereocenters. The van der Waals surface area contributed by atoms with Crippen molar-refractivity contribution in [3.8, 4) is 9.88 Å². The van der Waals surface area contributed by atoms with Gasteiger partial charge in [-0.05, 0) is 29.1 Å². The van der Waals surface area contributed by atoms with Gasteiger partial charge in [0.1, 0.15) is 9.88 Å². The second-order valence-electron chi connectivity index (χ2n) is 5.36. The number of hydrogen-bond donors (Lipinski definition) is 0. The van der Waals surface area contributed by atoms with E-state index < -0.39 is 11.7 Å². The molecule has 8 heteroatoms. The zero-order chi connectivity index (χ0) is 18.0. The summed E-state index contributed by atoms with van der Waals surface area (Å²) in [6, 6.07) is 8.67. The highest BCUT2D eigenvalue weighted by Gasteiger charge is 2.30. The Kier molecular flexibility index (Phi) is 4.91. The smallest absolute Gasteiger partial charge is 0.337 e.